The molecule has 0 atom stereocenters. The zero-order chi connectivity index (χ0) is 15.3. The molecule has 0 amide bonds. The van der Waals surface area contributed by atoms with Gasteiger partial charge in [0.1, 0.15) is 5.75 Å². The van der Waals surface area contributed by atoms with Crippen LogP contribution >= 0.6 is 0 Å². The molecule has 3 aromatic carbocycles. The lowest BCUT2D eigenvalue weighted by molar-refractivity contribution is 0.454. The predicted octanol–water partition coefficient (Wildman–Crippen LogP) is 3.78. The number of rotatable bonds is 2. The molecule has 4 rings (SSSR count). The maximum absolute atomic E-state index is 8.99. The minimum absolute atomic E-state index is 0.0384. The van der Waals surface area contributed by atoms with E-state index in [-0.39, 0.29) is 13.1 Å². The van der Waals surface area contributed by atoms with Crippen LogP contribution < -0.4 is 4.65 Å². The van der Waals surface area contributed by atoms with Crippen LogP contribution in [0.4, 0.5) is 0 Å². The zero-order valence-corrected chi connectivity index (χ0v) is 12.8. The summed E-state index contributed by atoms with van der Waals surface area (Å²) in [6.45, 7) is 4.55. The molecule has 3 aromatic rings. The van der Waals surface area contributed by atoms with Gasteiger partial charge in [-0.25, -0.2) is 0 Å². The van der Waals surface area contributed by atoms with Gasteiger partial charge < -0.3 is 9.68 Å². The Bertz CT molecular complexity index is 884. The van der Waals surface area contributed by atoms with Gasteiger partial charge in [0.05, 0.1) is 0 Å². The summed E-state index contributed by atoms with van der Waals surface area (Å²) in [6, 6.07) is 19.0. The topological polar surface area (TPSA) is 29.5 Å². The first-order chi connectivity index (χ1) is 10.6. The van der Waals surface area contributed by atoms with E-state index in [4.69, 9.17) is 9.68 Å². The third-order valence-electron chi connectivity index (χ3n) is 4.74. The second-order valence-electron chi connectivity index (χ2n) is 6.32. The van der Waals surface area contributed by atoms with Crippen LogP contribution in [0.2, 0.25) is 0 Å². The maximum atomic E-state index is 8.99. The Labute approximate surface area is 130 Å². The Morgan fingerprint density at radius 2 is 1.77 bits per heavy atom. The van der Waals surface area contributed by atoms with Crippen LogP contribution in [0.25, 0.3) is 21.9 Å². The van der Waals surface area contributed by atoms with Gasteiger partial charge in [-0.05, 0) is 45.2 Å². The monoisotopic (exact) mass is 288 g/mol. The van der Waals surface area contributed by atoms with E-state index in [9.17, 15) is 0 Å². The molecular weight excluding hydrogens is 271 g/mol. The minimum Gasteiger partial charge on any atom is -0.539 e. The Hall–Kier alpha value is -2.26. The molecule has 0 saturated heterocycles. The van der Waals surface area contributed by atoms with Gasteiger partial charge in [-0.3, -0.25) is 0 Å². The Morgan fingerprint density at radius 1 is 0.955 bits per heavy atom. The van der Waals surface area contributed by atoms with E-state index in [0.29, 0.717) is 5.75 Å². The summed E-state index contributed by atoms with van der Waals surface area (Å²) in [6.07, 6.45) is 0. The van der Waals surface area contributed by atoms with Crippen molar-refractivity contribution in [3.63, 3.8) is 0 Å². The molecule has 2 nitrogen and oxygen atoms in total. The molecule has 3 heteroatoms. The molecule has 1 N–H and O–H groups in total. The second kappa shape index (κ2) is 4.62. The molecule has 0 spiro atoms. The third-order valence-corrected chi connectivity index (χ3v) is 4.74. The number of hydrogen-bond acceptors (Lipinski definition) is 2. The van der Waals surface area contributed by atoms with E-state index in [1.54, 1.807) is 0 Å². The van der Waals surface area contributed by atoms with Crippen molar-refractivity contribution in [3.05, 3.63) is 65.7 Å². The lowest BCUT2D eigenvalue weighted by atomic mass is 9.80. The van der Waals surface area contributed by atoms with E-state index >= 15 is 0 Å². The standard InChI is InChI=1S/C19H17BO2/c1-19(2)17-10-8-13(22-20-21)11-16(17)15-9-7-12-5-3-4-6-14(12)18(15)19/h3-11,20-21H,1-2H3. The van der Waals surface area contributed by atoms with E-state index in [1.807, 2.05) is 12.1 Å². The lowest BCUT2D eigenvalue weighted by Crippen LogP contribution is -2.15. The highest BCUT2D eigenvalue weighted by Gasteiger charge is 2.36. The fourth-order valence-electron chi connectivity index (χ4n) is 3.76. The van der Waals surface area contributed by atoms with Gasteiger partial charge >= 0.3 is 7.69 Å². The van der Waals surface area contributed by atoms with Gasteiger partial charge in [0.25, 0.3) is 0 Å². The van der Waals surface area contributed by atoms with Crippen molar-refractivity contribution in [2.24, 2.45) is 0 Å². The zero-order valence-electron chi connectivity index (χ0n) is 12.8. The van der Waals surface area contributed by atoms with Crippen molar-refractivity contribution in [1.82, 2.24) is 0 Å². The second-order valence-corrected chi connectivity index (χ2v) is 6.32. The van der Waals surface area contributed by atoms with Crippen LogP contribution in [0.15, 0.2) is 54.6 Å². The van der Waals surface area contributed by atoms with Crippen molar-refractivity contribution >= 4 is 18.5 Å². The molecule has 0 aromatic heterocycles. The van der Waals surface area contributed by atoms with Crippen molar-refractivity contribution in [2.75, 3.05) is 0 Å². The number of fused-ring (bicyclic) bond motifs is 5. The summed E-state index contributed by atoms with van der Waals surface area (Å²) >= 11 is 0. The molecule has 0 unspecified atom stereocenters. The van der Waals surface area contributed by atoms with Crippen molar-refractivity contribution < 1.29 is 9.68 Å². The fraction of sp³-hybridized carbons (Fsp3) is 0.158. The smallest absolute Gasteiger partial charge is 0.504 e. The molecule has 0 heterocycles. The SMILES string of the molecule is CC1(C)c2ccc(OBO)cc2-c2ccc3ccccc3c21. The van der Waals surface area contributed by atoms with Crippen molar-refractivity contribution in [3.8, 4) is 16.9 Å². The van der Waals surface area contributed by atoms with Gasteiger partial charge in [0, 0.05) is 5.41 Å². The van der Waals surface area contributed by atoms with Crippen LogP contribution in [0.5, 0.6) is 5.75 Å². The summed E-state index contributed by atoms with van der Waals surface area (Å²) < 4.78 is 5.26. The van der Waals surface area contributed by atoms with E-state index in [2.05, 4.69) is 56.3 Å². The molecule has 1 aliphatic carbocycles. The third kappa shape index (κ3) is 1.72. The molecule has 0 fully saturated rings. The van der Waals surface area contributed by atoms with Crippen LogP contribution in [-0.2, 0) is 5.41 Å². The predicted molar refractivity (Wildman–Crippen MR) is 91.5 cm³/mol. The Balaban J connectivity index is 2.05. The maximum Gasteiger partial charge on any atom is 0.504 e. The molecule has 0 bridgehead atoms. The van der Waals surface area contributed by atoms with Gasteiger partial charge in [-0.15, -0.1) is 0 Å². The number of benzene rings is 3. The normalized spacial score (nSPS) is 14.5. The average molecular weight is 288 g/mol. The first kappa shape index (κ1) is 13.4. The summed E-state index contributed by atoms with van der Waals surface area (Å²) in [5.41, 5.74) is 5.12. The van der Waals surface area contributed by atoms with E-state index < -0.39 is 0 Å². The molecule has 0 saturated carbocycles. The fourth-order valence-corrected chi connectivity index (χ4v) is 3.76. The highest BCUT2D eigenvalue weighted by atomic mass is 16.5. The molecule has 22 heavy (non-hydrogen) atoms. The van der Waals surface area contributed by atoms with Gasteiger partial charge in [-0.2, -0.15) is 0 Å². The molecule has 0 aliphatic heterocycles. The quantitative estimate of drug-likeness (QED) is 0.727. The summed E-state index contributed by atoms with van der Waals surface area (Å²) in [7, 11) is -0.299. The average Bonchev–Trinajstić information content (AvgIpc) is 2.76. The molecule has 1 aliphatic rings. The first-order valence-corrected chi connectivity index (χ1v) is 7.54. The van der Waals surface area contributed by atoms with Gasteiger partial charge in [-0.1, -0.05) is 56.3 Å². The van der Waals surface area contributed by atoms with E-state index in [1.165, 1.54) is 33.0 Å². The van der Waals surface area contributed by atoms with Gasteiger partial charge in [0.2, 0.25) is 0 Å². The van der Waals surface area contributed by atoms with Crippen LogP contribution in [0.3, 0.4) is 0 Å². The lowest BCUT2D eigenvalue weighted by Gasteiger charge is -2.23. The Kier molecular flexibility index (Phi) is 2.82. The van der Waals surface area contributed by atoms with Crippen molar-refractivity contribution in [2.45, 2.75) is 19.3 Å². The highest BCUT2D eigenvalue weighted by molar-refractivity contribution is 6.17. The highest BCUT2D eigenvalue weighted by Crippen LogP contribution is 2.51. The number of hydrogen-bond donors (Lipinski definition) is 1. The summed E-state index contributed by atoms with van der Waals surface area (Å²) in [5, 5.41) is 11.6. The van der Waals surface area contributed by atoms with Crippen LogP contribution in [-0.4, -0.2) is 12.7 Å². The molecule has 108 valence electrons. The van der Waals surface area contributed by atoms with Crippen LogP contribution in [0, 0.1) is 0 Å². The molecular formula is C19H17BO2. The summed E-state index contributed by atoms with van der Waals surface area (Å²) in [4.78, 5) is 0. The molecule has 0 radical (unpaired) electrons. The first-order valence-electron chi connectivity index (χ1n) is 7.54. The van der Waals surface area contributed by atoms with Crippen molar-refractivity contribution in [1.29, 1.82) is 0 Å². The van der Waals surface area contributed by atoms with Gasteiger partial charge in [0.15, 0.2) is 0 Å². The van der Waals surface area contributed by atoms with E-state index in [0.717, 1.165) is 0 Å². The van der Waals surface area contributed by atoms with Crippen LogP contribution in [0.1, 0.15) is 25.0 Å². The minimum atomic E-state index is -0.299. The largest absolute Gasteiger partial charge is 0.539 e. The summed E-state index contributed by atoms with van der Waals surface area (Å²) in [5.74, 6) is 0.707. The Morgan fingerprint density at radius 3 is 2.59 bits per heavy atom.